The van der Waals surface area contributed by atoms with E-state index in [0.717, 1.165) is 55.1 Å². The molecule has 0 saturated carbocycles. The zero-order chi connectivity index (χ0) is 37.3. The molecule has 260 valence electrons. The fraction of sp³-hybridized carbons (Fsp3) is 0.209. The van der Waals surface area contributed by atoms with Gasteiger partial charge in [0.25, 0.3) is 0 Å². The van der Waals surface area contributed by atoms with E-state index in [4.69, 9.17) is 0 Å². The molecule has 3 N–H and O–H groups in total. The van der Waals surface area contributed by atoms with Crippen molar-refractivity contribution in [3.05, 3.63) is 101 Å². The van der Waals surface area contributed by atoms with Gasteiger partial charge in [-0.1, -0.05) is 48.5 Å². The minimum Gasteiger partial charge on any atom is -0.511 e. The van der Waals surface area contributed by atoms with Crippen LogP contribution in [0.4, 0.5) is 22.7 Å². The van der Waals surface area contributed by atoms with Gasteiger partial charge in [0.05, 0.1) is 17.3 Å². The molecule has 9 heteroatoms. The second-order valence-electron chi connectivity index (χ2n) is 14.1. The average molecular weight is 689 g/mol. The van der Waals surface area contributed by atoms with Crippen LogP contribution in [0.2, 0.25) is 0 Å². The zero-order valence-corrected chi connectivity index (χ0v) is 30.5. The Morgan fingerprint density at radius 3 is 1.52 bits per heavy atom. The van der Waals surface area contributed by atoms with Crippen molar-refractivity contribution in [1.29, 1.82) is 10.5 Å². The van der Waals surface area contributed by atoms with Gasteiger partial charge in [0.15, 0.2) is 0 Å². The molecule has 1 atom stereocenters. The van der Waals surface area contributed by atoms with E-state index >= 15 is 0 Å². The third-order valence-electron chi connectivity index (χ3n) is 10.2. The maximum atomic E-state index is 12.4. The average Bonchev–Trinajstić information content (AvgIpc) is 3.11. The highest BCUT2D eigenvalue weighted by atomic mass is 16.3. The van der Waals surface area contributed by atoms with Gasteiger partial charge in [-0.3, -0.25) is 0 Å². The summed E-state index contributed by atoms with van der Waals surface area (Å²) in [5.74, 6) is -1.38. The summed E-state index contributed by atoms with van der Waals surface area (Å²) in [6.07, 6.45) is 0. The van der Waals surface area contributed by atoms with E-state index in [2.05, 4.69) is 24.3 Å². The van der Waals surface area contributed by atoms with Crippen LogP contribution in [-0.2, 0) is 0 Å². The monoisotopic (exact) mass is 688 g/mol. The van der Waals surface area contributed by atoms with Crippen molar-refractivity contribution in [1.82, 2.24) is 0 Å². The number of rotatable bonds is 6. The quantitative estimate of drug-likeness (QED) is 0.117. The van der Waals surface area contributed by atoms with Gasteiger partial charge in [0.2, 0.25) is 0 Å². The summed E-state index contributed by atoms with van der Waals surface area (Å²) in [5.41, 5.74) is 4.30. The molecule has 1 aliphatic rings. The minimum atomic E-state index is -1.03. The predicted octanol–water partition coefficient (Wildman–Crippen LogP) is 8.38. The number of aliphatic hydroxyl groups is 1. The first-order valence-corrected chi connectivity index (χ1v) is 16.9. The van der Waals surface area contributed by atoms with Crippen molar-refractivity contribution in [3.63, 3.8) is 0 Å². The van der Waals surface area contributed by atoms with E-state index in [9.17, 15) is 25.8 Å². The first-order valence-electron chi connectivity index (χ1n) is 16.9. The molecule has 6 aromatic carbocycles. The Morgan fingerprint density at radius 2 is 1.04 bits per heavy atom. The van der Waals surface area contributed by atoms with Gasteiger partial charge in [0.1, 0.15) is 35.0 Å². The highest BCUT2D eigenvalue weighted by molar-refractivity contribution is 6.22. The molecule has 0 amide bonds. The fourth-order valence-corrected chi connectivity index (χ4v) is 8.06. The van der Waals surface area contributed by atoms with E-state index < -0.39 is 5.92 Å². The number of phenolic OH excluding ortho intramolecular Hbond substituents is 2. The van der Waals surface area contributed by atoms with Crippen molar-refractivity contribution < 1.29 is 15.3 Å². The standard InChI is InChI=1S/C43H40N6O3/c1-46(2)30-19-32(50)37(28-17-23-13-9-11-15-26(23)41(35(28)30)48(5)6)39-34(25(21-44)22-45)40(43(39)52)38-29-18-24-14-10-12-16-27(24)42(49(7)8)36(29)31(47(3)4)20-33(38)51/h9-20,39,50-52H,1-8H3. The van der Waals surface area contributed by atoms with Crippen LogP contribution >= 0.6 is 0 Å². The Labute approximate surface area is 303 Å². The summed E-state index contributed by atoms with van der Waals surface area (Å²) in [4.78, 5) is 7.94. The molecule has 9 nitrogen and oxygen atoms in total. The van der Waals surface area contributed by atoms with Gasteiger partial charge in [-0.05, 0) is 33.7 Å². The Morgan fingerprint density at radius 1 is 0.577 bits per heavy atom. The second-order valence-corrected chi connectivity index (χ2v) is 14.1. The number of fused-ring (bicyclic) bond motifs is 4. The highest BCUT2D eigenvalue weighted by Gasteiger charge is 2.44. The number of allylic oxidation sites excluding steroid dienone is 3. The van der Waals surface area contributed by atoms with E-state index in [1.54, 1.807) is 12.1 Å². The maximum Gasteiger partial charge on any atom is 0.134 e. The summed E-state index contributed by atoms with van der Waals surface area (Å²) >= 11 is 0. The number of hydrogen-bond donors (Lipinski definition) is 3. The first-order chi connectivity index (χ1) is 24.8. The number of aromatic hydroxyl groups is 2. The molecule has 0 heterocycles. The Balaban J connectivity index is 1.65. The van der Waals surface area contributed by atoms with Crippen LogP contribution in [0.5, 0.6) is 11.5 Å². The number of aliphatic hydroxyl groups excluding tert-OH is 1. The molecule has 1 aliphatic carbocycles. The largest absolute Gasteiger partial charge is 0.511 e. The number of nitrogens with zero attached hydrogens (tertiary/aromatic N) is 6. The molecule has 0 spiro atoms. The summed E-state index contributed by atoms with van der Waals surface area (Å²) in [6, 6.07) is 27.4. The summed E-state index contributed by atoms with van der Waals surface area (Å²) in [7, 11) is 15.5. The number of phenols is 2. The van der Waals surface area contributed by atoms with E-state index in [1.165, 1.54) is 0 Å². The maximum absolute atomic E-state index is 12.4. The van der Waals surface area contributed by atoms with Crippen molar-refractivity contribution >= 4 is 71.4 Å². The van der Waals surface area contributed by atoms with Crippen molar-refractivity contribution in [3.8, 4) is 23.6 Å². The number of anilines is 4. The lowest BCUT2D eigenvalue weighted by atomic mass is 9.67. The van der Waals surface area contributed by atoms with Crippen LogP contribution in [0.3, 0.4) is 0 Å². The van der Waals surface area contributed by atoms with E-state index in [1.807, 2.05) is 125 Å². The molecule has 0 aromatic heterocycles. The molecular formula is C43H40N6O3. The third-order valence-corrected chi connectivity index (χ3v) is 10.2. The fourth-order valence-electron chi connectivity index (χ4n) is 8.06. The lowest BCUT2D eigenvalue weighted by molar-refractivity contribution is 0.364. The molecule has 0 saturated heterocycles. The smallest absolute Gasteiger partial charge is 0.134 e. The second kappa shape index (κ2) is 12.3. The minimum absolute atomic E-state index is 0.0857. The zero-order valence-electron chi connectivity index (χ0n) is 30.5. The van der Waals surface area contributed by atoms with Gasteiger partial charge in [-0.2, -0.15) is 10.5 Å². The molecule has 7 rings (SSSR count). The first kappa shape index (κ1) is 33.9. The van der Waals surface area contributed by atoms with Crippen molar-refractivity contribution in [2.75, 3.05) is 76.0 Å². The molecule has 0 bridgehead atoms. The van der Waals surface area contributed by atoms with Gasteiger partial charge < -0.3 is 34.9 Å². The predicted molar refractivity (Wildman–Crippen MR) is 214 cm³/mol. The normalized spacial score (nSPS) is 14.0. The summed E-state index contributed by atoms with van der Waals surface area (Å²) in [6.45, 7) is 0. The van der Waals surface area contributed by atoms with Gasteiger partial charge in [0, 0.05) is 124 Å². The van der Waals surface area contributed by atoms with Crippen LogP contribution in [0, 0.1) is 22.7 Å². The van der Waals surface area contributed by atoms with Gasteiger partial charge in [-0.25, -0.2) is 0 Å². The molecule has 6 aromatic rings. The lowest BCUT2D eigenvalue weighted by Crippen LogP contribution is -2.23. The van der Waals surface area contributed by atoms with Crippen LogP contribution in [-0.4, -0.2) is 71.7 Å². The Hall–Kier alpha value is -6.58. The van der Waals surface area contributed by atoms with Crippen molar-refractivity contribution in [2.45, 2.75) is 5.92 Å². The number of nitriles is 2. The van der Waals surface area contributed by atoms with Crippen molar-refractivity contribution in [2.24, 2.45) is 0 Å². The highest BCUT2D eigenvalue weighted by Crippen LogP contribution is 2.60. The van der Waals surface area contributed by atoms with Gasteiger partial charge in [-0.15, -0.1) is 0 Å². The van der Waals surface area contributed by atoms with Crippen LogP contribution in [0.25, 0.3) is 48.7 Å². The van der Waals surface area contributed by atoms with Crippen LogP contribution in [0.1, 0.15) is 17.0 Å². The Kier molecular flexibility index (Phi) is 8.04. The summed E-state index contributed by atoms with van der Waals surface area (Å²) < 4.78 is 0. The van der Waals surface area contributed by atoms with E-state index in [-0.39, 0.29) is 34.0 Å². The molecular weight excluding hydrogens is 649 g/mol. The molecule has 0 aliphatic heterocycles. The van der Waals surface area contributed by atoms with E-state index in [0.29, 0.717) is 21.9 Å². The summed E-state index contributed by atoms with van der Waals surface area (Å²) in [5, 5.41) is 63.9. The van der Waals surface area contributed by atoms with Crippen LogP contribution in [0.15, 0.2) is 89.7 Å². The van der Waals surface area contributed by atoms with Gasteiger partial charge >= 0.3 is 0 Å². The Bertz CT molecular complexity index is 2640. The third kappa shape index (κ3) is 4.81. The van der Waals surface area contributed by atoms with Crippen LogP contribution < -0.4 is 19.6 Å². The molecule has 0 radical (unpaired) electrons. The number of benzene rings is 6. The molecule has 1 unspecified atom stereocenters. The molecule has 52 heavy (non-hydrogen) atoms. The molecule has 0 fully saturated rings. The topological polar surface area (TPSA) is 121 Å². The number of hydrogen-bond acceptors (Lipinski definition) is 9. The lowest BCUT2D eigenvalue weighted by Gasteiger charge is -2.37. The SMILES string of the molecule is CN(C)c1cc(O)c(C2=C(O)C(c3c(O)cc(N(C)C)c4c(N(C)C)c5ccccc5cc34)C2=C(C#N)C#N)c2cc3ccccc3c(N(C)C)c12.